The van der Waals surface area contributed by atoms with Gasteiger partial charge in [-0.3, -0.25) is 4.79 Å². The molecule has 1 amide bonds. The molecule has 6 heteroatoms. The molecule has 1 N–H and O–H groups in total. The second-order valence-corrected chi connectivity index (χ2v) is 5.98. The zero-order valence-electron chi connectivity index (χ0n) is 13.3. The van der Waals surface area contributed by atoms with Crippen molar-refractivity contribution < 1.29 is 23.1 Å². The van der Waals surface area contributed by atoms with Gasteiger partial charge in [-0.15, -0.1) is 0 Å². The van der Waals surface area contributed by atoms with Gasteiger partial charge in [0.2, 0.25) is 5.91 Å². The third-order valence-electron chi connectivity index (χ3n) is 3.84. The molecule has 1 aliphatic rings. The first kappa shape index (κ1) is 18.8. The van der Waals surface area contributed by atoms with E-state index in [9.17, 15) is 18.4 Å². The van der Waals surface area contributed by atoms with Gasteiger partial charge >= 0.3 is 5.97 Å². The second kappa shape index (κ2) is 9.74. The molecule has 0 spiro atoms. The number of carbonyl (C=O) groups is 2. The zero-order valence-corrected chi connectivity index (χ0v) is 13.3. The summed E-state index contributed by atoms with van der Waals surface area (Å²) in [6, 6.07) is -0.762. The van der Waals surface area contributed by atoms with Crippen LogP contribution in [0.2, 0.25) is 0 Å². The molecule has 1 atom stereocenters. The Bertz CT molecular complexity index is 361. The Morgan fingerprint density at radius 1 is 1.23 bits per heavy atom. The number of nitrogens with one attached hydrogen (secondary N) is 1. The molecule has 0 aromatic carbocycles. The average molecular weight is 319 g/mol. The number of alkyl halides is 2. The molecule has 1 heterocycles. The Labute approximate surface area is 131 Å². The summed E-state index contributed by atoms with van der Waals surface area (Å²) in [5.41, 5.74) is 0. The molecular formula is C16H27F2NO3. The summed E-state index contributed by atoms with van der Waals surface area (Å²) >= 11 is 0. The Morgan fingerprint density at radius 2 is 1.86 bits per heavy atom. The van der Waals surface area contributed by atoms with Gasteiger partial charge in [-0.05, 0) is 6.42 Å². The van der Waals surface area contributed by atoms with Crippen molar-refractivity contribution in [2.24, 2.45) is 0 Å². The van der Waals surface area contributed by atoms with E-state index in [0.29, 0.717) is 12.8 Å². The summed E-state index contributed by atoms with van der Waals surface area (Å²) in [5.74, 6) is -4.32. The third kappa shape index (κ3) is 7.71. The van der Waals surface area contributed by atoms with Gasteiger partial charge in [-0.1, -0.05) is 45.4 Å². The van der Waals surface area contributed by atoms with Crippen molar-refractivity contribution >= 4 is 11.9 Å². The van der Waals surface area contributed by atoms with Gasteiger partial charge in [0.1, 0.15) is 6.04 Å². The summed E-state index contributed by atoms with van der Waals surface area (Å²) in [4.78, 5) is 22.7. The number of unbranched alkanes of at least 4 members (excludes halogenated alkanes) is 6. The monoisotopic (exact) mass is 319 g/mol. The lowest BCUT2D eigenvalue weighted by Gasteiger charge is -2.17. The van der Waals surface area contributed by atoms with Crippen LogP contribution in [0, 0.1) is 0 Å². The van der Waals surface area contributed by atoms with E-state index in [1.807, 2.05) is 0 Å². The predicted molar refractivity (Wildman–Crippen MR) is 79.7 cm³/mol. The third-order valence-corrected chi connectivity index (χ3v) is 3.84. The summed E-state index contributed by atoms with van der Waals surface area (Å²) in [6.45, 7) is 2.37. The van der Waals surface area contributed by atoms with E-state index in [2.05, 4.69) is 17.0 Å². The number of amides is 1. The maximum Gasteiger partial charge on any atom is 0.328 e. The molecule has 0 bridgehead atoms. The lowest BCUT2D eigenvalue weighted by atomic mass is 10.0. The molecule has 0 aromatic heterocycles. The molecule has 128 valence electrons. The van der Waals surface area contributed by atoms with Crippen molar-refractivity contribution in [3.8, 4) is 0 Å². The summed E-state index contributed by atoms with van der Waals surface area (Å²) in [7, 11) is 0. The second-order valence-electron chi connectivity index (χ2n) is 5.98. The minimum absolute atomic E-state index is 0.234. The van der Waals surface area contributed by atoms with Crippen molar-refractivity contribution in [3.05, 3.63) is 0 Å². The van der Waals surface area contributed by atoms with Crippen LogP contribution in [0.4, 0.5) is 8.78 Å². The lowest BCUT2D eigenvalue weighted by molar-refractivity contribution is -0.142. The highest BCUT2D eigenvalue weighted by Crippen LogP contribution is 2.26. The van der Waals surface area contributed by atoms with E-state index in [0.717, 1.165) is 25.7 Å². The van der Waals surface area contributed by atoms with E-state index in [4.69, 9.17) is 0 Å². The molecule has 22 heavy (non-hydrogen) atoms. The molecule has 1 unspecified atom stereocenters. The SMILES string of the molecule is CCCCCCCCCC(F)(F)CC(=O)NC1CCOC1=O. The summed E-state index contributed by atoms with van der Waals surface area (Å²) in [6.07, 6.45) is 6.01. The predicted octanol–water partition coefficient (Wildman–Crippen LogP) is 3.58. The van der Waals surface area contributed by atoms with E-state index in [-0.39, 0.29) is 13.0 Å². The molecule has 0 aliphatic carbocycles. The van der Waals surface area contributed by atoms with Gasteiger partial charge in [0.25, 0.3) is 5.92 Å². The van der Waals surface area contributed by atoms with E-state index < -0.39 is 30.3 Å². The van der Waals surface area contributed by atoms with Crippen LogP contribution in [-0.2, 0) is 14.3 Å². The standard InChI is InChI=1S/C16H27F2NO3/c1-2-3-4-5-6-7-8-10-16(17,18)12-14(20)19-13-9-11-22-15(13)21/h13H,2-12H2,1H3,(H,19,20). The Morgan fingerprint density at radius 3 is 2.45 bits per heavy atom. The average Bonchev–Trinajstić information content (AvgIpc) is 2.82. The van der Waals surface area contributed by atoms with Gasteiger partial charge in [0.05, 0.1) is 13.0 Å². The van der Waals surface area contributed by atoms with Crippen LogP contribution in [0.1, 0.15) is 71.1 Å². The van der Waals surface area contributed by atoms with Gasteiger partial charge in [0, 0.05) is 12.8 Å². The summed E-state index contributed by atoms with van der Waals surface area (Å²) in [5, 5.41) is 2.32. The topological polar surface area (TPSA) is 55.4 Å². The van der Waals surface area contributed by atoms with Crippen LogP contribution in [0.15, 0.2) is 0 Å². The lowest BCUT2D eigenvalue weighted by Crippen LogP contribution is -2.40. The largest absolute Gasteiger partial charge is 0.464 e. The molecule has 1 rings (SSSR count). The minimum atomic E-state index is -3.00. The Balaban J connectivity index is 2.14. The number of hydrogen-bond donors (Lipinski definition) is 1. The van der Waals surface area contributed by atoms with Crippen molar-refractivity contribution in [3.63, 3.8) is 0 Å². The highest BCUT2D eigenvalue weighted by Gasteiger charge is 2.34. The van der Waals surface area contributed by atoms with Crippen molar-refractivity contribution in [2.75, 3.05) is 6.61 Å². The number of cyclic esters (lactones) is 1. The number of halogens is 2. The van der Waals surface area contributed by atoms with Crippen molar-refractivity contribution in [2.45, 2.75) is 83.1 Å². The molecule has 0 radical (unpaired) electrons. The number of esters is 1. The number of rotatable bonds is 11. The van der Waals surface area contributed by atoms with E-state index in [1.165, 1.54) is 12.8 Å². The van der Waals surface area contributed by atoms with Crippen molar-refractivity contribution in [1.82, 2.24) is 5.32 Å². The number of ether oxygens (including phenoxy) is 1. The van der Waals surface area contributed by atoms with E-state index in [1.54, 1.807) is 0 Å². The highest BCUT2D eigenvalue weighted by atomic mass is 19.3. The van der Waals surface area contributed by atoms with Crippen LogP contribution in [0.5, 0.6) is 0 Å². The van der Waals surface area contributed by atoms with Crippen LogP contribution in [-0.4, -0.2) is 30.4 Å². The number of carbonyl (C=O) groups excluding carboxylic acids is 2. The molecule has 0 saturated carbocycles. The highest BCUT2D eigenvalue weighted by molar-refractivity contribution is 5.85. The Hall–Kier alpha value is -1.20. The van der Waals surface area contributed by atoms with Gasteiger partial charge in [-0.25, -0.2) is 13.6 Å². The Kier molecular flexibility index (Phi) is 8.35. The first-order valence-corrected chi connectivity index (χ1v) is 8.28. The van der Waals surface area contributed by atoms with Crippen LogP contribution < -0.4 is 5.32 Å². The maximum absolute atomic E-state index is 13.7. The first-order chi connectivity index (χ1) is 10.4. The molecule has 1 saturated heterocycles. The van der Waals surface area contributed by atoms with Crippen LogP contribution in [0.3, 0.4) is 0 Å². The zero-order chi connectivity index (χ0) is 16.4. The van der Waals surface area contributed by atoms with Gasteiger partial charge < -0.3 is 10.1 Å². The molecule has 4 nitrogen and oxygen atoms in total. The number of hydrogen-bond acceptors (Lipinski definition) is 3. The minimum Gasteiger partial charge on any atom is -0.464 e. The summed E-state index contributed by atoms with van der Waals surface area (Å²) < 4.78 is 32.1. The fourth-order valence-corrected chi connectivity index (χ4v) is 2.54. The van der Waals surface area contributed by atoms with Gasteiger partial charge in [0.15, 0.2) is 0 Å². The normalized spacial score (nSPS) is 18.3. The van der Waals surface area contributed by atoms with E-state index >= 15 is 0 Å². The fraction of sp³-hybridized carbons (Fsp3) is 0.875. The molecular weight excluding hydrogens is 292 g/mol. The molecule has 1 aliphatic heterocycles. The van der Waals surface area contributed by atoms with Gasteiger partial charge in [-0.2, -0.15) is 0 Å². The first-order valence-electron chi connectivity index (χ1n) is 8.28. The maximum atomic E-state index is 13.7. The van der Waals surface area contributed by atoms with Crippen LogP contribution >= 0.6 is 0 Å². The smallest absolute Gasteiger partial charge is 0.328 e. The quantitative estimate of drug-likeness (QED) is 0.468. The van der Waals surface area contributed by atoms with Crippen molar-refractivity contribution in [1.29, 1.82) is 0 Å². The molecule has 1 fully saturated rings. The molecule has 0 aromatic rings. The fourth-order valence-electron chi connectivity index (χ4n) is 2.54. The van der Waals surface area contributed by atoms with Crippen LogP contribution in [0.25, 0.3) is 0 Å².